The Morgan fingerprint density at radius 3 is 2.79 bits per heavy atom. The van der Waals surface area contributed by atoms with Crippen LogP contribution in [0.5, 0.6) is 0 Å². The SMILES string of the molecule is NC(=O)c1cc(-c2ccc3c(c2)N2CCNCCC2C3)ccc1F. The third-order valence-electron chi connectivity index (χ3n) is 5.04. The Kier molecular flexibility index (Phi) is 3.73. The molecule has 124 valence electrons. The average Bonchev–Trinajstić information content (AvgIpc) is 2.75. The molecule has 0 saturated carbocycles. The molecule has 24 heavy (non-hydrogen) atoms. The molecule has 1 saturated heterocycles. The lowest BCUT2D eigenvalue weighted by Gasteiger charge is -2.25. The number of carbonyl (C=O) groups excluding carboxylic acids is 1. The van der Waals surface area contributed by atoms with E-state index in [9.17, 15) is 9.18 Å². The largest absolute Gasteiger partial charge is 0.367 e. The van der Waals surface area contributed by atoms with E-state index in [0.717, 1.165) is 43.6 Å². The van der Waals surface area contributed by atoms with Crippen LogP contribution in [0.2, 0.25) is 0 Å². The van der Waals surface area contributed by atoms with E-state index < -0.39 is 11.7 Å². The van der Waals surface area contributed by atoms with Gasteiger partial charge >= 0.3 is 0 Å². The molecule has 0 radical (unpaired) electrons. The number of nitrogens with two attached hydrogens (primary N) is 1. The van der Waals surface area contributed by atoms with Gasteiger partial charge in [-0.3, -0.25) is 4.79 Å². The zero-order valence-corrected chi connectivity index (χ0v) is 13.4. The molecule has 3 N–H and O–H groups in total. The molecule has 0 aliphatic carbocycles. The van der Waals surface area contributed by atoms with Crippen molar-refractivity contribution in [2.24, 2.45) is 5.73 Å². The van der Waals surface area contributed by atoms with Crippen molar-refractivity contribution in [2.45, 2.75) is 18.9 Å². The summed E-state index contributed by atoms with van der Waals surface area (Å²) in [5.74, 6) is -1.32. The van der Waals surface area contributed by atoms with Crippen molar-refractivity contribution in [3.63, 3.8) is 0 Å². The number of primary amides is 1. The van der Waals surface area contributed by atoms with E-state index in [1.54, 1.807) is 6.07 Å². The lowest BCUT2D eigenvalue weighted by Crippen LogP contribution is -2.32. The maximum absolute atomic E-state index is 13.7. The fourth-order valence-electron chi connectivity index (χ4n) is 3.79. The second-order valence-corrected chi connectivity index (χ2v) is 6.49. The van der Waals surface area contributed by atoms with Gasteiger partial charge in [-0.05, 0) is 54.3 Å². The Hall–Kier alpha value is -2.40. The van der Waals surface area contributed by atoms with E-state index in [0.29, 0.717) is 6.04 Å². The number of hydrogen-bond donors (Lipinski definition) is 2. The summed E-state index contributed by atoms with van der Waals surface area (Å²) in [4.78, 5) is 13.9. The number of carbonyl (C=O) groups is 1. The van der Waals surface area contributed by atoms with Crippen LogP contribution < -0.4 is 16.0 Å². The quantitative estimate of drug-likeness (QED) is 0.891. The summed E-state index contributed by atoms with van der Waals surface area (Å²) in [7, 11) is 0. The number of hydrogen-bond acceptors (Lipinski definition) is 3. The highest BCUT2D eigenvalue weighted by molar-refractivity contribution is 5.94. The molecule has 4 rings (SSSR count). The van der Waals surface area contributed by atoms with Gasteiger partial charge in [-0.2, -0.15) is 0 Å². The number of amides is 1. The molecule has 0 spiro atoms. The third-order valence-corrected chi connectivity index (χ3v) is 5.04. The highest BCUT2D eigenvalue weighted by Gasteiger charge is 2.30. The molecule has 1 unspecified atom stereocenters. The first-order valence-electron chi connectivity index (χ1n) is 8.33. The molecule has 2 aromatic carbocycles. The first kappa shape index (κ1) is 15.1. The molecule has 0 bridgehead atoms. The number of halogens is 1. The maximum atomic E-state index is 13.7. The van der Waals surface area contributed by atoms with Crippen molar-refractivity contribution in [3.8, 4) is 11.1 Å². The topological polar surface area (TPSA) is 58.4 Å². The number of anilines is 1. The minimum atomic E-state index is -0.742. The Bertz CT molecular complexity index is 805. The monoisotopic (exact) mass is 325 g/mol. The summed E-state index contributed by atoms with van der Waals surface area (Å²) < 4.78 is 13.7. The summed E-state index contributed by atoms with van der Waals surface area (Å²) in [5, 5.41) is 3.44. The number of nitrogens with zero attached hydrogens (tertiary/aromatic N) is 1. The van der Waals surface area contributed by atoms with Gasteiger partial charge in [-0.15, -0.1) is 0 Å². The molecule has 2 heterocycles. The van der Waals surface area contributed by atoms with Crippen LogP contribution in [-0.4, -0.2) is 31.6 Å². The smallest absolute Gasteiger partial charge is 0.251 e. The molecule has 4 nitrogen and oxygen atoms in total. The summed E-state index contributed by atoms with van der Waals surface area (Å²) in [6.45, 7) is 3.04. The van der Waals surface area contributed by atoms with Gasteiger partial charge < -0.3 is 16.0 Å². The van der Waals surface area contributed by atoms with Crippen molar-refractivity contribution < 1.29 is 9.18 Å². The Balaban J connectivity index is 1.73. The van der Waals surface area contributed by atoms with Crippen molar-refractivity contribution >= 4 is 11.6 Å². The second-order valence-electron chi connectivity index (χ2n) is 6.49. The molecule has 2 aromatic rings. The molecule has 2 aliphatic heterocycles. The summed E-state index contributed by atoms with van der Waals surface area (Å²) in [6, 6.07) is 11.4. The second kappa shape index (κ2) is 5.91. The average molecular weight is 325 g/mol. The normalized spacial score (nSPS) is 19.5. The van der Waals surface area contributed by atoms with Crippen LogP contribution in [0.1, 0.15) is 22.3 Å². The van der Waals surface area contributed by atoms with Crippen LogP contribution in [0.4, 0.5) is 10.1 Å². The maximum Gasteiger partial charge on any atom is 0.251 e. The lowest BCUT2D eigenvalue weighted by atomic mass is 9.99. The van der Waals surface area contributed by atoms with Gasteiger partial charge in [0, 0.05) is 24.8 Å². The predicted octanol–water partition coefficient (Wildman–Crippen LogP) is 2.32. The van der Waals surface area contributed by atoms with Gasteiger partial charge in [0.15, 0.2) is 0 Å². The number of rotatable bonds is 2. The minimum absolute atomic E-state index is 0.0650. The Morgan fingerprint density at radius 1 is 1.17 bits per heavy atom. The molecule has 2 aliphatic rings. The van der Waals surface area contributed by atoms with E-state index in [-0.39, 0.29) is 5.56 Å². The van der Waals surface area contributed by atoms with Gasteiger partial charge in [0.25, 0.3) is 5.91 Å². The summed E-state index contributed by atoms with van der Waals surface area (Å²) in [6.07, 6.45) is 2.22. The van der Waals surface area contributed by atoms with E-state index in [1.807, 2.05) is 6.07 Å². The fraction of sp³-hybridized carbons (Fsp3) is 0.316. The van der Waals surface area contributed by atoms with Gasteiger partial charge in [0.2, 0.25) is 0 Å². The van der Waals surface area contributed by atoms with Crippen LogP contribution in [0.15, 0.2) is 36.4 Å². The molecule has 1 fully saturated rings. The highest BCUT2D eigenvalue weighted by Crippen LogP contribution is 2.37. The van der Waals surface area contributed by atoms with Crippen molar-refractivity contribution in [3.05, 3.63) is 53.3 Å². The van der Waals surface area contributed by atoms with Gasteiger partial charge in [0.05, 0.1) is 5.56 Å². The number of fused-ring (bicyclic) bond motifs is 3. The van der Waals surface area contributed by atoms with Gasteiger partial charge in [-0.1, -0.05) is 18.2 Å². The van der Waals surface area contributed by atoms with E-state index in [2.05, 4.69) is 22.3 Å². The van der Waals surface area contributed by atoms with E-state index >= 15 is 0 Å². The van der Waals surface area contributed by atoms with Crippen LogP contribution in [0, 0.1) is 5.82 Å². The van der Waals surface area contributed by atoms with Crippen LogP contribution >= 0.6 is 0 Å². The molecule has 1 amide bonds. The van der Waals surface area contributed by atoms with Crippen LogP contribution in [-0.2, 0) is 6.42 Å². The van der Waals surface area contributed by atoms with Crippen molar-refractivity contribution in [1.29, 1.82) is 0 Å². The van der Waals surface area contributed by atoms with Crippen molar-refractivity contribution in [1.82, 2.24) is 5.32 Å². The lowest BCUT2D eigenvalue weighted by molar-refractivity contribution is 0.0996. The molecular formula is C19H20FN3O. The van der Waals surface area contributed by atoms with Crippen LogP contribution in [0.3, 0.4) is 0 Å². The first-order valence-corrected chi connectivity index (χ1v) is 8.33. The van der Waals surface area contributed by atoms with Crippen LogP contribution in [0.25, 0.3) is 11.1 Å². The predicted molar refractivity (Wildman–Crippen MR) is 92.7 cm³/mol. The molecule has 1 atom stereocenters. The van der Waals surface area contributed by atoms with Gasteiger partial charge in [-0.25, -0.2) is 4.39 Å². The summed E-state index contributed by atoms with van der Waals surface area (Å²) in [5.41, 5.74) is 9.61. The zero-order chi connectivity index (χ0) is 16.7. The Morgan fingerprint density at radius 2 is 1.96 bits per heavy atom. The molecule has 5 heteroatoms. The van der Waals surface area contributed by atoms with Gasteiger partial charge in [0.1, 0.15) is 5.82 Å². The zero-order valence-electron chi connectivity index (χ0n) is 13.4. The summed E-state index contributed by atoms with van der Waals surface area (Å²) >= 11 is 0. The highest BCUT2D eigenvalue weighted by atomic mass is 19.1. The first-order chi connectivity index (χ1) is 11.6. The minimum Gasteiger partial charge on any atom is -0.367 e. The number of benzene rings is 2. The fourth-order valence-corrected chi connectivity index (χ4v) is 3.79. The van der Waals surface area contributed by atoms with Crippen molar-refractivity contribution in [2.75, 3.05) is 24.5 Å². The standard InChI is InChI=1S/C19H20FN3O/c20-17-4-3-12(10-16(17)19(21)24)13-1-2-14-9-15-5-6-22-7-8-23(15)18(14)11-13/h1-4,10-11,15,22H,5-9H2,(H2,21,24). The third kappa shape index (κ3) is 2.55. The molecule has 0 aromatic heterocycles. The van der Waals surface area contributed by atoms with E-state index in [4.69, 9.17) is 5.73 Å². The number of nitrogens with one attached hydrogen (secondary N) is 1. The van der Waals surface area contributed by atoms with E-state index in [1.165, 1.54) is 23.4 Å². The Labute approximate surface area is 140 Å². The molecular weight excluding hydrogens is 305 g/mol.